The summed E-state index contributed by atoms with van der Waals surface area (Å²) in [4.78, 5) is 2.50. The molecule has 3 aliphatic rings. The van der Waals surface area contributed by atoms with Crippen LogP contribution in [0.1, 0.15) is 19.3 Å². The lowest BCUT2D eigenvalue weighted by atomic mass is 10.3. The highest BCUT2D eigenvalue weighted by Gasteiger charge is 2.44. The van der Waals surface area contributed by atoms with E-state index in [1.165, 1.54) is 32.4 Å². The fourth-order valence-corrected chi connectivity index (χ4v) is 2.53. The van der Waals surface area contributed by atoms with E-state index in [0.717, 1.165) is 11.8 Å². The summed E-state index contributed by atoms with van der Waals surface area (Å²) in [7, 11) is 0. The summed E-state index contributed by atoms with van der Waals surface area (Å²) in [5.74, 6) is 1.77. The molecule has 12 heavy (non-hydrogen) atoms. The maximum Gasteiger partial charge on any atom is 0.0173 e. The maximum atomic E-state index is 2.50. The van der Waals surface area contributed by atoms with Crippen LogP contribution in [0.4, 0.5) is 0 Å². The van der Waals surface area contributed by atoms with Crippen LogP contribution >= 0.6 is 0 Å². The summed E-state index contributed by atoms with van der Waals surface area (Å²) in [6.45, 7) is 2.60. The standard InChI is InChI=1S/C11H15N/c1-2-7-12(6-1)8-11-9-4-3-5-10(9)11/h3-4,8-10H,1-2,5-7H2. The van der Waals surface area contributed by atoms with Gasteiger partial charge in [0.15, 0.2) is 0 Å². The van der Waals surface area contributed by atoms with Crippen LogP contribution in [0.5, 0.6) is 0 Å². The molecular formula is C11H15N. The first-order chi connectivity index (χ1) is 5.95. The van der Waals surface area contributed by atoms with Crippen LogP contribution < -0.4 is 0 Å². The van der Waals surface area contributed by atoms with E-state index in [1.54, 1.807) is 5.57 Å². The van der Waals surface area contributed by atoms with Gasteiger partial charge in [-0.1, -0.05) is 12.2 Å². The van der Waals surface area contributed by atoms with Crippen molar-refractivity contribution in [3.05, 3.63) is 23.9 Å². The van der Waals surface area contributed by atoms with Crippen LogP contribution in [0.15, 0.2) is 23.9 Å². The van der Waals surface area contributed by atoms with Crippen LogP contribution in [0.25, 0.3) is 0 Å². The lowest BCUT2D eigenvalue weighted by Crippen LogP contribution is -2.10. The zero-order chi connectivity index (χ0) is 7.97. The number of fused-ring (bicyclic) bond motifs is 1. The van der Waals surface area contributed by atoms with Gasteiger partial charge in [0.05, 0.1) is 0 Å². The van der Waals surface area contributed by atoms with Crippen molar-refractivity contribution in [2.24, 2.45) is 11.8 Å². The molecule has 0 amide bonds. The molecule has 64 valence electrons. The fraction of sp³-hybridized carbons (Fsp3) is 0.636. The molecule has 0 N–H and O–H groups in total. The molecule has 0 bridgehead atoms. The Kier molecular flexibility index (Phi) is 1.34. The molecular weight excluding hydrogens is 146 g/mol. The Hall–Kier alpha value is -0.720. The van der Waals surface area contributed by atoms with E-state index in [-0.39, 0.29) is 0 Å². The van der Waals surface area contributed by atoms with Crippen molar-refractivity contribution < 1.29 is 0 Å². The van der Waals surface area contributed by atoms with Crippen molar-refractivity contribution in [2.45, 2.75) is 19.3 Å². The fourth-order valence-electron chi connectivity index (χ4n) is 2.53. The predicted octanol–water partition coefficient (Wildman–Crippen LogP) is 2.17. The zero-order valence-corrected chi connectivity index (χ0v) is 7.37. The second kappa shape index (κ2) is 2.38. The zero-order valence-electron chi connectivity index (χ0n) is 7.37. The minimum absolute atomic E-state index is 0.852. The lowest BCUT2D eigenvalue weighted by Gasteiger charge is -2.09. The molecule has 0 aromatic rings. The number of hydrogen-bond acceptors (Lipinski definition) is 1. The Labute approximate surface area is 73.8 Å². The number of hydrogen-bond donors (Lipinski definition) is 0. The van der Waals surface area contributed by atoms with Gasteiger partial charge in [0.2, 0.25) is 0 Å². The van der Waals surface area contributed by atoms with Crippen LogP contribution in [0.2, 0.25) is 0 Å². The summed E-state index contributed by atoms with van der Waals surface area (Å²) in [5.41, 5.74) is 1.71. The SMILES string of the molecule is C1=CC2C(=CN3CCCC3)C2C1. The van der Waals surface area contributed by atoms with Gasteiger partial charge in [-0.25, -0.2) is 0 Å². The third-order valence-electron chi connectivity index (χ3n) is 3.34. The van der Waals surface area contributed by atoms with Gasteiger partial charge in [-0.05, 0) is 37.0 Å². The summed E-state index contributed by atoms with van der Waals surface area (Å²) in [5, 5.41) is 0. The summed E-state index contributed by atoms with van der Waals surface area (Å²) < 4.78 is 0. The van der Waals surface area contributed by atoms with Crippen molar-refractivity contribution in [3.8, 4) is 0 Å². The van der Waals surface area contributed by atoms with Crippen LogP contribution in [-0.4, -0.2) is 18.0 Å². The van der Waals surface area contributed by atoms with Gasteiger partial charge in [0, 0.05) is 19.0 Å². The number of allylic oxidation sites excluding steroid dienone is 3. The highest BCUT2D eigenvalue weighted by Crippen LogP contribution is 2.53. The second-order valence-corrected chi connectivity index (χ2v) is 4.17. The Morgan fingerprint density at radius 1 is 1.33 bits per heavy atom. The molecule has 0 radical (unpaired) electrons. The molecule has 2 aliphatic carbocycles. The quantitative estimate of drug-likeness (QED) is 0.533. The summed E-state index contributed by atoms with van der Waals surface area (Å²) >= 11 is 0. The number of nitrogens with zero attached hydrogens (tertiary/aromatic N) is 1. The van der Waals surface area contributed by atoms with Gasteiger partial charge in [-0.2, -0.15) is 0 Å². The van der Waals surface area contributed by atoms with E-state index in [2.05, 4.69) is 23.3 Å². The molecule has 0 aromatic carbocycles. The first kappa shape index (κ1) is 6.76. The predicted molar refractivity (Wildman–Crippen MR) is 49.6 cm³/mol. The maximum absolute atomic E-state index is 2.50. The molecule has 2 atom stereocenters. The summed E-state index contributed by atoms with van der Waals surface area (Å²) in [6.07, 6.45) is 11.3. The van der Waals surface area contributed by atoms with E-state index in [1.807, 2.05) is 0 Å². The molecule has 3 rings (SSSR count). The Balaban J connectivity index is 1.70. The molecule has 1 heterocycles. The lowest BCUT2D eigenvalue weighted by molar-refractivity contribution is 0.465. The molecule has 1 heteroatoms. The van der Waals surface area contributed by atoms with E-state index >= 15 is 0 Å². The van der Waals surface area contributed by atoms with Gasteiger partial charge in [0.1, 0.15) is 0 Å². The monoisotopic (exact) mass is 161 g/mol. The molecule has 1 saturated carbocycles. The van der Waals surface area contributed by atoms with Crippen molar-refractivity contribution >= 4 is 0 Å². The topological polar surface area (TPSA) is 3.24 Å². The van der Waals surface area contributed by atoms with E-state index < -0.39 is 0 Å². The third-order valence-corrected chi connectivity index (χ3v) is 3.34. The van der Waals surface area contributed by atoms with Crippen molar-refractivity contribution in [3.63, 3.8) is 0 Å². The number of likely N-dealkylation sites (tertiary alicyclic amines) is 1. The number of rotatable bonds is 1. The average Bonchev–Trinajstić information content (AvgIpc) is 2.59. The van der Waals surface area contributed by atoms with Gasteiger partial charge < -0.3 is 4.90 Å². The third kappa shape index (κ3) is 0.921. The average molecular weight is 161 g/mol. The van der Waals surface area contributed by atoms with Crippen LogP contribution in [0, 0.1) is 11.8 Å². The van der Waals surface area contributed by atoms with E-state index in [0.29, 0.717) is 0 Å². The molecule has 1 saturated heterocycles. The first-order valence-corrected chi connectivity index (χ1v) is 5.07. The minimum Gasteiger partial charge on any atom is -0.377 e. The van der Waals surface area contributed by atoms with Crippen molar-refractivity contribution in [2.75, 3.05) is 13.1 Å². The van der Waals surface area contributed by atoms with Gasteiger partial charge in [-0.15, -0.1) is 0 Å². The largest absolute Gasteiger partial charge is 0.377 e. The van der Waals surface area contributed by atoms with Crippen molar-refractivity contribution in [1.29, 1.82) is 0 Å². The van der Waals surface area contributed by atoms with Crippen LogP contribution in [0.3, 0.4) is 0 Å². The Morgan fingerprint density at radius 2 is 2.17 bits per heavy atom. The molecule has 2 unspecified atom stereocenters. The highest BCUT2D eigenvalue weighted by molar-refractivity contribution is 5.39. The molecule has 1 nitrogen and oxygen atoms in total. The second-order valence-electron chi connectivity index (χ2n) is 4.17. The minimum atomic E-state index is 0.852. The highest BCUT2D eigenvalue weighted by atomic mass is 15.1. The van der Waals surface area contributed by atoms with Crippen molar-refractivity contribution in [1.82, 2.24) is 4.90 Å². The molecule has 2 fully saturated rings. The van der Waals surface area contributed by atoms with Gasteiger partial charge in [0.25, 0.3) is 0 Å². The van der Waals surface area contributed by atoms with Gasteiger partial charge in [-0.3, -0.25) is 0 Å². The summed E-state index contributed by atoms with van der Waals surface area (Å²) in [6, 6.07) is 0. The van der Waals surface area contributed by atoms with Gasteiger partial charge >= 0.3 is 0 Å². The Morgan fingerprint density at radius 3 is 2.83 bits per heavy atom. The molecule has 1 aliphatic heterocycles. The van der Waals surface area contributed by atoms with E-state index in [4.69, 9.17) is 0 Å². The molecule has 0 aromatic heterocycles. The Bertz CT molecular complexity index is 246. The smallest absolute Gasteiger partial charge is 0.0173 e. The van der Waals surface area contributed by atoms with E-state index in [9.17, 15) is 0 Å². The first-order valence-electron chi connectivity index (χ1n) is 5.07. The normalized spacial score (nSPS) is 41.0. The molecule has 0 spiro atoms. The van der Waals surface area contributed by atoms with Crippen LogP contribution in [-0.2, 0) is 0 Å².